The van der Waals surface area contributed by atoms with Crippen LogP contribution in [0.2, 0.25) is 0 Å². The molecule has 1 aromatic heterocycles. The number of aliphatic carboxylic acids is 1. The maximum absolute atomic E-state index is 11.8. The summed E-state index contributed by atoms with van der Waals surface area (Å²) in [7, 11) is 0. The molecule has 1 saturated carbocycles. The lowest BCUT2D eigenvalue weighted by atomic mass is 10.0. The minimum Gasteiger partial charge on any atom is -0.481 e. The van der Waals surface area contributed by atoms with Crippen LogP contribution in [0.15, 0.2) is 10.7 Å². The third-order valence-electron chi connectivity index (χ3n) is 3.00. The van der Waals surface area contributed by atoms with Crippen LogP contribution in [0.5, 0.6) is 0 Å². The van der Waals surface area contributed by atoms with Gasteiger partial charge in [0.25, 0.3) is 0 Å². The van der Waals surface area contributed by atoms with Gasteiger partial charge in [0.15, 0.2) is 0 Å². The van der Waals surface area contributed by atoms with Crippen molar-refractivity contribution in [1.29, 1.82) is 0 Å². The van der Waals surface area contributed by atoms with Gasteiger partial charge < -0.3 is 9.52 Å². The van der Waals surface area contributed by atoms with Crippen LogP contribution in [0, 0.1) is 18.8 Å². The number of carbonyl (C=O) groups is 2. The Bertz CT molecular complexity index is 440. The number of aryl methyl sites for hydroxylation is 1. The topological polar surface area (TPSA) is 92.4 Å². The molecule has 0 aliphatic heterocycles. The number of rotatable bonds is 3. The van der Waals surface area contributed by atoms with Crippen LogP contribution in [0.4, 0.5) is 6.01 Å². The van der Waals surface area contributed by atoms with E-state index in [1.807, 2.05) is 0 Å². The highest BCUT2D eigenvalue weighted by Crippen LogP contribution is 2.31. The van der Waals surface area contributed by atoms with Crippen LogP contribution < -0.4 is 5.32 Å². The van der Waals surface area contributed by atoms with Crippen LogP contribution in [0.1, 0.15) is 25.0 Å². The number of hydrogen-bond acceptors (Lipinski definition) is 4. The Morgan fingerprint density at radius 3 is 2.71 bits per heavy atom. The van der Waals surface area contributed by atoms with Crippen LogP contribution in [0.25, 0.3) is 0 Å². The molecule has 1 aliphatic rings. The maximum atomic E-state index is 11.8. The number of anilines is 1. The van der Waals surface area contributed by atoms with Crippen molar-refractivity contribution in [3.05, 3.63) is 12.0 Å². The summed E-state index contributed by atoms with van der Waals surface area (Å²) in [5, 5.41) is 11.4. The Kier molecular flexibility index (Phi) is 3.12. The van der Waals surface area contributed by atoms with Gasteiger partial charge in [-0.3, -0.25) is 14.9 Å². The zero-order valence-corrected chi connectivity index (χ0v) is 9.47. The molecule has 2 unspecified atom stereocenters. The summed E-state index contributed by atoms with van der Waals surface area (Å²) in [5.74, 6) is -1.71. The molecule has 2 rings (SSSR count). The van der Waals surface area contributed by atoms with E-state index in [-0.39, 0.29) is 17.8 Å². The first-order chi connectivity index (χ1) is 8.06. The van der Waals surface area contributed by atoms with E-state index in [0.717, 1.165) is 0 Å². The number of amides is 1. The van der Waals surface area contributed by atoms with E-state index in [0.29, 0.717) is 25.0 Å². The zero-order chi connectivity index (χ0) is 12.4. The number of carboxylic acids is 1. The number of hydrogen-bond donors (Lipinski definition) is 2. The average Bonchev–Trinajstić information content (AvgIpc) is 2.86. The van der Waals surface area contributed by atoms with Gasteiger partial charge in [0.05, 0.1) is 11.6 Å². The summed E-state index contributed by atoms with van der Waals surface area (Å²) in [6, 6.07) is 0.172. The number of nitrogens with one attached hydrogen (secondary N) is 1. The van der Waals surface area contributed by atoms with Crippen molar-refractivity contribution in [2.45, 2.75) is 26.2 Å². The van der Waals surface area contributed by atoms with Crippen LogP contribution in [-0.2, 0) is 9.59 Å². The van der Waals surface area contributed by atoms with Gasteiger partial charge >= 0.3 is 12.0 Å². The Hall–Kier alpha value is -1.85. The van der Waals surface area contributed by atoms with Crippen molar-refractivity contribution in [1.82, 2.24) is 4.98 Å². The summed E-state index contributed by atoms with van der Waals surface area (Å²) < 4.78 is 5.01. The Labute approximate surface area is 98.0 Å². The molecule has 6 nitrogen and oxygen atoms in total. The van der Waals surface area contributed by atoms with E-state index in [1.165, 1.54) is 6.26 Å². The number of oxazole rings is 1. The highest BCUT2D eigenvalue weighted by atomic mass is 16.4. The Morgan fingerprint density at radius 1 is 1.47 bits per heavy atom. The lowest BCUT2D eigenvalue weighted by molar-refractivity contribution is -0.141. The van der Waals surface area contributed by atoms with Crippen molar-refractivity contribution in [3.63, 3.8) is 0 Å². The summed E-state index contributed by atoms with van der Waals surface area (Å²) >= 11 is 0. The van der Waals surface area contributed by atoms with Crippen molar-refractivity contribution < 1.29 is 19.1 Å². The van der Waals surface area contributed by atoms with Crippen molar-refractivity contribution in [2.24, 2.45) is 11.8 Å². The van der Waals surface area contributed by atoms with E-state index in [1.54, 1.807) is 6.92 Å². The van der Waals surface area contributed by atoms with Gasteiger partial charge in [-0.1, -0.05) is 0 Å². The molecule has 0 aromatic carbocycles. The summed E-state index contributed by atoms with van der Waals surface area (Å²) in [6.45, 7) is 1.76. The summed E-state index contributed by atoms with van der Waals surface area (Å²) in [4.78, 5) is 26.5. The largest absolute Gasteiger partial charge is 0.481 e. The SMILES string of the molecule is Cc1coc(NC(=O)C2CCC(C(=O)O)C2)n1. The van der Waals surface area contributed by atoms with Gasteiger partial charge in [0, 0.05) is 5.92 Å². The first-order valence-corrected chi connectivity index (χ1v) is 5.52. The first-order valence-electron chi connectivity index (χ1n) is 5.52. The lowest BCUT2D eigenvalue weighted by Crippen LogP contribution is -2.21. The second-order valence-electron chi connectivity index (χ2n) is 4.33. The summed E-state index contributed by atoms with van der Waals surface area (Å²) in [5.41, 5.74) is 0.690. The van der Waals surface area contributed by atoms with Crippen LogP contribution in [-0.4, -0.2) is 22.0 Å². The number of carbonyl (C=O) groups excluding carboxylic acids is 1. The van der Waals surface area contributed by atoms with E-state index in [9.17, 15) is 9.59 Å². The van der Waals surface area contributed by atoms with Gasteiger partial charge in [0.1, 0.15) is 6.26 Å². The maximum Gasteiger partial charge on any atom is 0.306 e. The van der Waals surface area contributed by atoms with E-state index < -0.39 is 11.9 Å². The Balaban J connectivity index is 1.91. The molecule has 1 fully saturated rings. The molecule has 0 spiro atoms. The molecule has 92 valence electrons. The van der Waals surface area contributed by atoms with Crippen molar-refractivity contribution in [3.8, 4) is 0 Å². The average molecular weight is 238 g/mol. The van der Waals surface area contributed by atoms with Crippen LogP contribution in [0.3, 0.4) is 0 Å². The minimum atomic E-state index is -0.827. The lowest BCUT2D eigenvalue weighted by Gasteiger charge is -2.07. The molecule has 1 heterocycles. The molecule has 1 aliphatic carbocycles. The molecular formula is C11H14N2O4. The highest BCUT2D eigenvalue weighted by molar-refractivity contribution is 5.91. The second-order valence-corrected chi connectivity index (χ2v) is 4.33. The van der Waals surface area contributed by atoms with E-state index in [2.05, 4.69) is 10.3 Å². The molecule has 6 heteroatoms. The first kappa shape index (κ1) is 11.6. The third kappa shape index (κ3) is 2.64. The molecule has 2 N–H and O–H groups in total. The second kappa shape index (κ2) is 4.57. The predicted octanol–water partition coefficient (Wildman–Crippen LogP) is 1.42. The molecule has 0 saturated heterocycles. The monoisotopic (exact) mass is 238 g/mol. The highest BCUT2D eigenvalue weighted by Gasteiger charge is 2.34. The van der Waals surface area contributed by atoms with Crippen LogP contribution >= 0.6 is 0 Å². The van der Waals surface area contributed by atoms with Crippen molar-refractivity contribution in [2.75, 3.05) is 5.32 Å². The third-order valence-corrected chi connectivity index (χ3v) is 3.00. The van der Waals surface area contributed by atoms with E-state index >= 15 is 0 Å². The van der Waals surface area contributed by atoms with Gasteiger partial charge in [-0.15, -0.1) is 0 Å². The van der Waals surface area contributed by atoms with Gasteiger partial charge in [-0.05, 0) is 26.2 Å². The quantitative estimate of drug-likeness (QED) is 0.830. The van der Waals surface area contributed by atoms with Gasteiger partial charge in [0.2, 0.25) is 5.91 Å². The number of aromatic nitrogens is 1. The Morgan fingerprint density at radius 2 is 2.18 bits per heavy atom. The standard InChI is InChI=1S/C11H14N2O4/c1-6-5-17-11(12-6)13-9(14)7-2-3-8(4-7)10(15)16/h5,7-8H,2-4H2,1H3,(H,15,16)(H,12,13,14). The molecule has 17 heavy (non-hydrogen) atoms. The van der Waals surface area contributed by atoms with Crippen molar-refractivity contribution >= 4 is 17.9 Å². The molecular weight excluding hydrogens is 224 g/mol. The number of nitrogens with zero attached hydrogens (tertiary/aromatic N) is 1. The molecule has 1 aromatic rings. The molecule has 0 radical (unpaired) electrons. The fraction of sp³-hybridized carbons (Fsp3) is 0.545. The van der Waals surface area contributed by atoms with Gasteiger partial charge in [-0.25, -0.2) is 0 Å². The predicted molar refractivity (Wildman–Crippen MR) is 58.3 cm³/mol. The number of carboxylic acid groups (broad SMARTS) is 1. The molecule has 0 bridgehead atoms. The fourth-order valence-electron chi connectivity index (χ4n) is 2.06. The zero-order valence-electron chi connectivity index (χ0n) is 9.47. The molecule has 1 amide bonds. The normalized spacial score (nSPS) is 23.6. The minimum absolute atomic E-state index is 0.172. The van der Waals surface area contributed by atoms with E-state index in [4.69, 9.17) is 9.52 Å². The van der Waals surface area contributed by atoms with Gasteiger partial charge in [-0.2, -0.15) is 4.98 Å². The fourth-order valence-corrected chi connectivity index (χ4v) is 2.06. The smallest absolute Gasteiger partial charge is 0.306 e. The molecule has 2 atom stereocenters. The summed E-state index contributed by atoms with van der Waals surface area (Å²) in [6.07, 6.45) is 2.99.